The van der Waals surface area contributed by atoms with Gasteiger partial charge in [0.2, 0.25) is 0 Å². The van der Waals surface area contributed by atoms with E-state index in [0.717, 1.165) is 11.4 Å². The van der Waals surface area contributed by atoms with E-state index in [1.807, 2.05) is 0 Å². The van der Waals surface area contributed by atoms with Crippen LogP contribution >= 0.6 is 0 Å². The molecule has 1 radical (unpaired) electrons. The number of aromatic carboxylic acids is 1. The molecule has 4 heteroatoms. The summed E-state index contributed by atoms with van der Waals surface area (Å²) in [6.45, 7) is 0. The minimum atomic E-state index is -0.899. The highest BCUT2D eigenvalue weighted by Gasteiger charge is 1.96. The van der Waals surface area contributed by atoms with Crippen LogP contribution in [0.5, 0.6) is 0 Å². The van der Waals surface area contributed by atoms with Crippen LogP contribution in [0.4, 0.5) is 11.4 Å². The smallest absolute Gasteiger partial charge is 0.335 e. The molecule has 5 N–H and O–H groups in total. The standard InChI is InChI=1S/C7H5O2.C6H8N2/c8-7(9)6-4-2-1-3-5-6;7-5-1-2-6(8)4-3-5/h2-5H,(H,8,9);1-4H,7-8H2. The molecule has 0 amide bonds. The molecule has 0 atom stereocenters. The maximum absolute atomic E-state index is 10.2. The lowest BCUT2D eigenvalue weighted by atomic mass is 10.2. The quantitative estimate of drug-likeness (QED) is 0.653. The summed E-state index contributed by atoms with van der Waals surface area (Å²) in [6, 6.07) is 16.0. The van der Waals surface area contributed by atoms with Gasteiger partial charge >= 0.3 is 5.97 Å². The van der Waals surface area contributed by atoms with Crippen molar-refractivity contribution < 1.29 is 9.90 Å². The zero-order valence-electron chi connectivity index (χ0n) is 9.13. The van der Waals surface area contributed by atoms with Crippen molar-refractivity contribution in [3.05, 3.63) is 60.2 Å². The number of rotatable bonds is 1. The first kappa shape index (κ1) is 12.6. The van der Waals surface area contributed by atoms with E-state index in [4.69, 9.17) is 16.6 Å². The van der Waals surface area contributed by atoms with Crippen molar-refractivity contribution in [2.75, 3.05) is 11.5 Å². The van der Waals surface area contributed by atoms with Gasteiger partial charge in [0.25, 0.3) is 0 Å². The SMILES string of the molecule is Nc1ccc(N)cc1.O=C(O)c1cc[c]cc1. The average molecular weight is 229 g/mol. The van der Waals surface area contributed by atoms with E-state index in [1.165, 1.54) is 12.1 Å². The van der Waals surface area contributed by atoms with Crippen molar-refractivity contribution in [3.8, 4) is 0 Å². The fourth-order valence-electron chi connectivity index (χ4n) is 1.03. The molecule has 4 nitrogen and oxygen atoms in total. The third kappa shape index (κ3) is 4.70. The second-order valence-corrected chi connectivity index (χ2v) is 3.26. The third-order valence-corrected chi connectivity index (χ3v) is 1.90. The molecule has 0 saturated heterocycles. The number of nitrogens with two attached hydrogens (primary N) is 2. The van der Waals surface area contributed by atoms with Crippen molar-refractivity contribution in [2.45, 2.75) is 0 Å². The van der Waals surface area contributed by atoms with Gasteiger partial charge in [-0.25, -0.2) is 4.79 Å². The highest BCUT2D eigenvalue weighted by Crippen LogP contribution is 2.04. The van der Waals surface area contributed by atoms with E-state index >= 15 is 0 Å². The highest BCUT2D eigenvalue weighted by atomic mass is 16.4. The first-order chi connectivity index (χ1) is 8.09. The molecule has 87 valence electrons. The number of hydrogen-bond donors (Lipinski definition) is 3. The summed E-state index contributed by atoms with van der Waals surface area (Å²) in [5, 5.41) is 8.37. The minimum Gasteiger partial charge on any atom is -0.478 e. The Bertz CT molecular complexity index is 446. The van der Waals surface area contributed by atoms with Gasteiger partial charge in [0.05, 0.1) is 5.56 Å². The number of benzene rings is 2. The fraction of sp³-hybridized carbons (Fsp3) is 0. The largest absolute Gasteiger partial charge is 0.478 e. The van der Waals surface area contributed by atoms with E-state index in [2.05, 4.69) is 6.07 Å². The Labute approximate surface area is 99.5 Å². The molecule has 0 aliphatic carbocycles. The maximum atomic E-state index is 10.2. The molecule has 0 aliphatic rings. The number of carboxylic acids is 1. The topological polar surface area (TPSA) is 89.3 Å². The van der Waals surface area contributed by atoms with Crippen LogP contribution < -0.4 is 11.5 Å². The first-order valence-electron chi connectivity index (χ1n) is 4.90. The van der Waals surface area contributed by atoms with E-state index < -0.39 is 5.97 Å². The Morgan fingerprint density at radius 1 is 0.941 bits per heavy atom. The van der Waals surface area contributed by atoms with E-state index in [9.17, 15) is 4.79 Å². The fourth-order valence-corrected chi connectivity index (χ4v) is 1.03. The van der Waals surface area contributed by atoms with Crippen molar-refractivity contribution >= 4 is 17.3 Å². The van der Waals surface area contributed by atoms with Gasteiger partial charge in [-0.05, 0) is 42.5 Å². The predicted molar refractivity (Wildman–Crippen MR) is 67.5 cm³/mol. The summed E-state index contributed by atoms with van der Waals surface area (Å²) >= 11 is 0. The average Bonchev–Trinajstić information content (AvgIpc) is 2.35. The Kier molecular flexibility index (Phi) is 4.57. The molecule has 0 heterocycles. The normalized spacial score (nSPS) is 8.94. The summed E-state index contributed by atoms with van der Waals surface area (Å²) in [4.78, 5) is 10.2. The van der Waals surface area contributed by atoms with Gasteiger partial charge in [-0.1, -0.05) is 12.1 Å². The molecular weight excluding hydrogens is 216 g/mol. The highest BCUT2D eigenvalue weighted by molar-refractivity contribution is 5.87. The zero-order chi connectivity index (χ0) is 12.7. The van der Waals surface area contributed by atoms with Gasteiger partial charge in [0.15, 0.2) is 0 Å². The van der Waals surface area contributed by atoms with Gasteiger partial charge in [0.1, 0.15) is 0 Å². The second-order valence-electron chi connectivity index (χ2n) is 3.26. The second kappa shape index (κ2) is 6.17. The van der Waals surface area contributed by atoms with Crippen LogP contribution in [0.2, 0.25) is 0 Å². The predicted octanol–water partition coefficient (Wildman–Crippen LogP) is 2.04. The number of carbonyl (C=O) groups is 1. The molecular formula is C13H13N2O2. The molecule has 0 spiro atoms. The summed E-state index contributed by atoms with van der Waals surface area (Å²) in [5.74, 6) is -0.899. The molecule has 0 bridgehead atoms. The third-order valence-electron chi connectivity index (χ3n) is 1.90. The molecule has 2 aromatic rings. The summed E-state index contributed by atoms with van der Waals surface area (Å²) < 4.78 is 0. The van der Waals surface area contributed by atoms with Gasteiger partial charge < -0.3 is 16.6 Å². The van der Waals surface area contributed by atoms with Crippen LogP contribution in [0.1, 0.15) is 10.4 Å². The van der Waals surface area contributed by atoms with Crippen LogP contribution in [0.3, 0.4) is 0 Å². The van der Waals surface area contributed by atoms with Crippen LogP contribution in [-0.4, -0.2) is 11.1 Å². The van der Waals surface area contributed by atoms with Crippen molar-refractivity contribution in [2.24, 2.45) is 0 Å². The van der Waals surface area contributed by atoms with E-state index in [1.54, 1.807) is 36.4 Å². The van der Waals surface area contributed by atoms with Crippen LogP contribution in [0.25, 0.3) is 0 Å². The van der Waals surface area contributed by atoms with E-state index in [0.29, 0.717) is 5.56 Å². The number of anilines is 2. The number of hydrogen-bond acceptors (Lipinski definition) is 3. The van der Waals surface area contributed by atoms with Gasteiger partial charge in [0, 0.05) is 11.4 Å². The summed E-state index contributed by atoms with van der Waals surface area (Å²) in [7, 11) is 0. The molecule has 0 saturated carbocycles. The maximum Gasteiger partial charge on any atom is 0.335 e. The lowest BCUT2D eigenvalue weighted by molar-refractivity contribution is 0.0697. The summed E-state index contributed by atoms with van der Waals surface area (Å²) in [6.07, 6.45) is 0. The Hall–Kier alpha value is -2.49. The monoisotopic (exact) mass is 229 g/mol. The molecule has 2 rings (SSSR count). The molecule has 0 aromatic heterocycles. The number of carboxylic acid groups (broad SMARTS) is 1. The summed E-state index contributed by atoms with van der Waals surface area (Å²) in [5.41, 5.74) is 12.5. The molecule has 0 unspecified atom stereocenters. The van der Waals surface area contributed by atoms with Crippen LogP contribution in [-0.2, 0) is 0 Å². The lowest BCUT2D eigenvalue weighted by Crippen LogP contribution is -1.93. The molecule has 2 aromatic carbocycles. The van der Waals surface area contributed by atoms with Gasteiger partial charge in [-0.2, -0.15) is 0 Å². The van der Waals surface area contributed by atoms with Gasteiger partial charge in [-0.3, -0.25) is 0 Å². The molecule has 0 aliphatic heterocycles. The van der Waals surface area contributed by atoms with Crippen molar-refractivity contribution in [1.29, 1.82) is 0 Å². The Morgan fingerprint density at radius 3 is 1.65 bits per heavy atom. The zero-order valence-corrected chi connectivity index (χ0v) is 9.13. The lowest BCUT2D eigenvalue weighted by Gasteiger charge is -1.90. The number of nitrogen functional groups attached to an aromatic ring is 2. The van der Waals surface area contributed by atoms with Crippen molar-refractivity contribution in [1.82, 2.24) is 0 Å². The van der Waals surface area contributed by atoms with E-state index in [-0.39, 0.29) is 0 Å². The first-order valence-corrected chi connectivity index (χ1v) is 4.90. The Balaban J connectivity index is 0.000000171. The van der Waals surface area contributed by atoms with Gasteiger partial charge in [-0.15, -0.1) is 0 Å². The van der Waals surface area contributed by atoms with Crippen LogP contribution in [0.15, 0.2) is 48.5 Å². The van der Waals surface area contributed by atoms with Crippen LogP contribution in [0, 0.1) is 6.07 Å². The molecule has 17 heavy (non-hydrogen) atoms. The Morgan fingerprint density at radius 2 is 1.35 bits per heavy atom. The molecule has 0 fully saturated rings. The minimum absolute atomic E-state index is 0.300. The van der Waals surface area contributed by atoms with Crippen molar-refractivity contribution in [3.63, 3.8) is 0 Å².